The van der Waals surface area contributed by atoms with E-state index in [0.717, 1.165) is 9.34 Å². The Bertz CT molecular complexity index is 276. The normalized spacial score (nSPS) is 12.1. The summed E-state index contributed by atoms with van der Waals surface area (Å²) in [6.45, 7) is 1.80. The number of rotatable bonds is 2. The smallest absolute Gasteiger partial charge is 0.112 e. The van der Waals surface area contributed by atoms with Crippen molar-refractivity contribution in [3.8, 4) is 6.07 Å². The third-order valence-electron chi connectivity index (χ3n) is 1.13. The fourth-order valence-electron chi connectivity index (χ4n) is 0.638. The van der Waals surface area contributed by atoms with Gasteiger partial charge in [-0.05, 0) is 19.1 Å². The van der Waals surface area contributed by atoms with Crippen molar-refractivity contribution in [2.45, 2.75) is 13.0 Å². The molecule has 0 aromatic carbocycles. The lowest BCUT2D eigenvalue weighted by Gasteiger charge is -2.02. The summed E-state index contributed by atoms with van der Waals surface area (Å²) in [7, 11) is 0. The molecule has 0 aliphatic carbocycles. The van der Waals surface area contributed by atoms with Crippen molar-refractivity contribution in [2.24, 2.45) is 0 Å². The van der Waals surface area contributed by atoms with Crippen LogP contribution in [0.1, 0.15) is 6.92 Å². The third-order valence-corrected chi connectivity index (χ3v) is 2.29. The van der Waals surface area contributed by atoms with E-state index in [1.54, 1.807) is 13.0 Å². The van der Waals surface area contributed by atoms with Crippen molar-refractivity contribution in [2.75, 3.05) is 5.32 Å². The van der Waals surface area contributed by atoms with Crippen LogP contribution in [-0.4, -0.2) is 6.04 Å². The number of hydrogen-bond acceptors (Lipinski definition) is 3. The standard InChI is InChI=1S/C7H7ClN2S/c1-5(4-9)10-7-3-2-6(8)11-7/h2-3,5,10H,1H3. The quantitative estimate of drug-likeness (QED) is 0.771. The van der Waals surface area contributed by atoms with Crippen LogP contribution in [0, 0.1) is 11.3 Å². The maximum Gasteiger partial charge on any atom is 0.112 e. The zero-order valence-electron chi connectivity index (χ0n) is 5.97. The molecule has 0 spiro atoms. The Morgan fingerprint density at radius 1 is 1.73 bits per heavy atom. The third kappa shape index (κ3) is 2.41. The van der Waals surface area contributed by atoms with Crippen LogP contribution in [0.15, 0.2) is 12.1 Å². The SMILES string of the molecule is CC(C#N)Nc1ccc(Cl)s1. The first-order valence-corrected chi connectivity index (χ1v) is 4.33. The average Bonchev–Trinajstić information content (AvgIpc) is 2.35. The maximum atomic E-state index is 8.46. The Hall–Kier alpha value is -0.720. The van der Waals surface area contributed by atoms with Crippen molar-refractivity contribution in [3.05, 3.63) is 16.5 Å². The first-order valence-electron chi connectivity index (χ1n) is 3.14. The highest BCUT2D eigenvalue weighted by Gasteiger charge is 2.00. The van der Waals surface area contributed by atoms with Crippen LogP contribution in [0.4, 0.5) is 5.00 Å². The maximum absolute atomic E-state index is 8.46. The van der Waals surface area contributed by atoms with Crippen LogP contribution in [0.2, 0.25) is 4.34 Å². The van der Waals surface area contributed by atoms with Gasteiger partial charge >= 0.3 is 0 Å². The highest BCUT2D eigenvalue weighted by Crippen LogP contribution is 2.26. The number of hydrogen-bond donors (Lipinski definition) is 1. The summed E-state index contributed by atoms with van der Waals surface area (Å²) in [5.41, 5.74) is 0. The second kappa shape index (κ2) is 3.61. The van der Waals surface area contributed by atoms with E-state index in [-0.39, 0.29) is 6.04 Å². The van der Waals surface area contributed by atoms with Gasteiger partial charge in [-0.3, -0.25) is 0 Å². The molecule has 4 heteroatoms. The molecule has 1 N–H and O–H groups in total. The topological polar surface area (TPSA) is 35.8 Å². The van der Waals surface area contributed by atoms with E-state index >= 15 is 0 Å². The molecule has 1 atom stereocenters. The predicted molar refractivity (Wildman–Crippen MR) is 48.0 cm³/mol. The Balaban J connectivity index is 2.59. The van der Waals surface area contributed by atoms with E-state index in [1.165, 1.54) is 11.3 Å². The zero-order valence-corrected chi connectivity index (χ0v) is 7.54. The Morgan fingerprint density at radius 3 is 2.91 bits per heavy atom. The molecule has 1 unspecified atom stereocenters. The minimum Gasteiger partial charge on any atom is -0.362 e. The zero-order chi connectivity index (χ0) is 8.27. The van der Waals surface area contributed by atoms with E-state index in [9.17, 15) is 0 Å². The van der Waals surface area contributed by atoms with Crippen LogP contribution in [-0.2, 0) is 0 Å². The molecule has 0 saturated carbocycles. The van der Waals surface area contributed by atoms with Gasteiger partial charge in [0.15, 0.2) is 0 Å². The minimum atomic E-state index is -0.162. The molecule has 0 fully saturated rings. The first-order chi connectivity index (χ1) is 5.22. The molecule has 1 heterocycles. The minimum absolute atomic E-state index is 0.162. The van der Waals surface area contributed by atoms with Crippen LogP contribution in [0.5, 0.6) is 0 Å². The number of thiophene rings is 1. The van der Waals surface area contributed by atoms with E-state index in [2.05, 4.69) is 11.4 Å². The Kier molecular flexibility index (Phi) is 2.75. The van der Waals surface area contributed by atoms with Gasteiger partial charge in [0.1, 0.15) is 6.04 Å². The second-order valence-corrected chi connectivity index (χ2v) is 3.81. The lowest BCUT2D eigenvalue weighted by Crippen LogP contribution is -2.10. The fourth-order valence-corrected chi connectivity index (χ4v) is 1.67. The van der Waals surface area contributed by atoms with Crippen molar-refractivity contribution in [1.82, 2.24) is 0 Å². The van der Waals surface area contributed by atoms with Gasteiger partial charge in [0.2, 0.25) is 0 Å². The summed E-state index contributed by atoms with van der Waals surface area (Å²) < 4.78 is 0.734. The highest BCUT2D eigenvalue weighted by molar-refractivity contribution is 7.19. The van der Waals surface area contributed by atoms with Gasteiger partial charge < -0.3 is 5.32 Å². The summed E-state index contributed by atoms with van der Waals surface area (Å²) in [5, 5.41) is 12.4. The van der Waals surface area contributed by atoms with Gasteiger partial charge in [0.25, 0.3) is 0 Å². The van der Waals surface area contributed by atoms with Crippen LogP contribution < -0.4 is 5.32 Å². The molecule has 1 aromatic rings. The largest absolute Gasteiger partial charge is 0.362 e. The molecular weight excluding hydrogens is 180 g/mol. The van der Waals surface area contributed by atoms with Crippen LogP contribution in [0.25, 0.3) is 0 Å². The van der Waals surface area contributed by atoms with E-state index in [4.69, 9.17) is 16.9 Å². The molecule has 0 bridgehead atoms. The van der Waals surface area contributed by atoms with E-state index < -0.39 is 0 Å². The van der Waals surface area contributed by atoms with Gasteiger partial charge in [0.05, 0.1) is 15.4 Å². The average molecular weight is 187 g/mol. The van der Waals surface area contributed by atoms with Gasteiger partial charge in [-0.2, -0.15) is 5.26 Å². The van der Waals surface area contributed by atoms with Gasteiger partial charge in [0, 0.05) is 0 Å². The lowest BCUT2D eigenvalue weighted by molar-refractivity contribution is 1.02. The Morgan fingerprint density at radius 2 is 2.45 bits per heavy atom. The number of nitrogens with one attached hydrogen (secondary N) is 1. The molecular formula is C7H7ClN2S. The number of nitrogens with zero attached hydrogens (tertiary/aromatic N) is 1. The molecule has 11 heavy (non-hydrogen) atoms. The molecule has 58 valence electrons. The fraction of sp³-hybridized carbons (Fsp3) is 0.286. The summed E-state index contributed by atoms with van der Waals surface area (Å²) in [4.78, 5) is 0. The number of anilines is 1. The first kappa shape index (κ1) is 8.38. The molecule has 0 radical (unpaired) electrons. The lowest BCUT2D eigenvalue weighted by atomic mass is 10.4. The molecule has 1 aromatic heterocycles. The molecule has 0 saturated heterocycles. The Labute approximate surface area is 74.4 Å². The van der Waals surface area contributed by atoms with Crippen LogP contribution in [0.3, 0.4) is 0 Å². The van der Waals surface area contributed by atoms with Crippen LogP contribution >= 0.6 is 22.9 Å². The molecule has 2 nitrogen and oxygen atoms in total. The summed E-state index contributed by atoms with van der Waals surface area (Å²) in [6.07, 6.45) is 0. The summed E-state index contributed by atoms with van der Waals surface area (Å²) in [5.74, 6) is 0. The molecule has 0 aliphatic heterocycles. The summed E-state index contributed by atoms with van der Waals surface area (Å²) in [6, 6.07) is 5.58. The van der Waals surface area contributed by atoms with Crippen molar-refractivity contribution in [1.29, 1.82) is 5.26 Å². The van der Waals surface area contributed by atoms with Crippen molar-refractivity contribution in [3.63, 3.8) is 0 Å². The summed E-state index contributed by atoms with van der Waals surface area (Å²) >= 11 is 7.12. The highest BCUT2D eigenvalue weighted by atomic mass is 35.5. The van der Waals surface area contributed by atoms with Gasteiger partial charge in [-0.1, -0.05) is 11.6 Å². The number of halogens is 1. The predicted octanol–water partition coefficient (Wildman–Crippen LogP) is 2.73. The molecule has 1 rings (SSSR count). The number of nitriles is 1. The van der Waals surface area contributed by atoms with Gasteiger partial charge in [-0.25, -0.2) is 0 Å². The van der Waals surface area contributed by atoms with E-state index in [0.29, 0.717) is 0 Å². The second-order valence-electron chi connectivity index (χ2n) is 2.10. The monoisotopic (exact) mass is 186 g/mol. The van der Waals surface area contributed by atoms with E-state index in [1.807, 2.05) is 6.07 Å². The molecule has 0 aliphatic rings. The van der Waals surface area contributed by atoms with Gasteiger partial charge in [-0.15, -0.1) is 11.3 Å². The molecule has 0 amide bonds. The van der Waals surface area contributed by atoms with Crippen molar-refractivity contribution >= 4 is 27.9 Å². The van der Waals surface area contributed by atoms with Crippen molar-refractivity contribution < 1.29 is 0 Å².